The van der Waals surface area contributed by atoms with Gasteiger partial charge in [-0.15, -0.1) is 0 Å². The molecular formula is C20H19F3N4O3. The molecule has 1 amide bonds. The molecule has 0 unspecified atom stereocenters. The highest BCUT2D eigenvalue weighted by Gasteiger charge is 2.33. The Morgan fingerprint density at radius 2 is 2.07 bits per heavy atom. The molecular weight excluding hydrogens is 401 g/mol. The predicted octanol–water partition coefficient (Wildman–Crippen LogP) is 3.64. The second-order valence-electron chi connectivity index (χ2n) is 7.10. The SMILES string of the molecule is CCOc1cc2nc([C@H]3C[C@@H](O)C3)cn2cc1NC(=O)c1cccc(C(F)(F)F)n1. The molecule has 0 atom stereocenters. The van der Waals surface area contributed by atoms with Crippen molar-refractivity contribution in [1.82, 2.24) is 14.4 Å². The van der Waals surface area contributed by atoms with E-state index < -0.39 is 17.8 Å². The van der Waals surface area contributed by atoms with Crippen LogP contribution in [0.15, 0.2) is 36.7 Å². The van der Waals surface area contributed by atoms with Crippen LogP contribution in [0, 0.1) is 0 Å². The van der Waals surface area contributed by atoms with Gasteiger partial charge in [-0.25, -0.2) is 9.97 Å². The summed E-state index contributed by atoms with van der Waals surface area (Å²) in [4.78, 5) is 20.5. The van der Waals surface area contributed by atoms with E-state index in [4.69, 9.17) is 4.74 Å². The molecule has 0 bridgehead atoms. The Morgan fingerprint density at radius 3 is 2.73 bits per heavy atom. The Morgan fingerprint density at radius 1 is 1.30 bits per heavy atom. The third-order valence-electron chi connectivity index (χ3n) is 4.93. The molecule has 3 aromatic heterocycles. The third kappa shape index (κ3) is 3.95. The number of alkyl halides is 3. The maximum atomic E-state index is 12.9. The van der Waals surface area contributed by atoms with E-state index in [9.17, 15) is 23.1 Å². The number of fused-ring (bicyclic) bond motifs is 1. The van der Waals surface area contributed by atoms with E-state index in [1.54, 1.807) is 29.8 Å². The lowest BCUT2D eigenvalue weighted by molar-refractivity contribution is -0.141. The molecule has 158 valence electrons. The van der Waals surface area contributed by atoms with E-state index in [1.165, 1.54) is 6.07 Å². The molecule has 1 saturated carbocycles. The number of halogens is 3. The molecule has 0 saturated heterocycles. The first kappa shape index (κ1) is 20.1. The average molecular weight is 420 g/mol. The number of aliphatic hydroxyl groups excluding tert-OH is 1. The summed E-state index contributed by atoms with van der Waals surface area (Å²) in [6.07, 6.45) is -0.265. The number of amides is 1. The molecule has 0 aromatic carbocycles. The fourth-order valence-corrected chi connectivity index (χ4v) is 3.34. The van der Waals surface area contributed by atoms with Crippen molar-refractivity contribution < 1.29 is 27.8 Å². The molecule has 30 heavy (non-hydrogen) atoms. The van der Waals surface area contributed by atoms with Gasteiger partial charge < -0.3 is 19.6 Å². The number of anilines is 1. The van der Waals surface area contributed by atoms with Crippen LogP contribution < -0.4 is 10.1 Å². The van der Waals surface area contributed by atoms with Crippen LogP contribution in [0.2, 0.25) is 0 Å². The fourth-order valence-electron chi connectivity index (χ4n) is 3.34. The lowest BCUT2D eigenvalue weighted by Crippen LogP contribution is -2.26. The van der Waals surface area contributed by atoms with Crippen molar-refractivity contribution in [3.63, 3.8) is 0 Å². The van der Waals surface area contributed by atoms with Gasteiger partial charge >= 0.3 is 6.18 Å². The summed E-state index contributed by atoms with van der Waals surface area (Å²) in [6, 6.07) is 4.80. The number of nitrogens with one attached hydrogen (secondary N) is 1. The molecule has 0 spiro atoms. The van der Waals surface area contributed by atoms with E-state index in [0.717, 1.165) is 17.8 Å². The highest BCUT2D eigenvalue weighted by Crippen LogP contribution is 2.37. The van der Waals surface area contributed by atoms with Crippen LogP contribution in [-0.2, 0) is 6.18 Å². The van der Waals surface area contributed by atoms with Crippen molar-refractivity contribution in [3.05, 3.63) is 53.7 Å². The normalized spacial score (nSPS) is 18.8. The average Bonchev–Trinajstić information content (AvgIpc) is 3.07. The summed E-state index contributed by atoms with van der Waals surface area (Å²) in [5.41, 5.74) is 0.210. The number of hydrogen-bond acceptors (Lipinski definition) is 5. The van der Waals surface area contributed by atoms with Crippen LogP contribution in [0.5, 0.6) is 5.75 Å². The van der Waals surface area contributed by atoms with E-state index in [0.29, 0.717) is 30.8 Å². The summed E-state index contributed by atoms with van der Waals surface area (Å²) < 4.78 is 45.9. The molecule has 10 heteroatoms. The Hall–Kier alpha value is -3.14. The van der Waals surface area contributed by atoms with Gasteiger partial charge in [0.1, 0.15) is 28.5 Å². The first-order valence-electron chi connectivity index (χ1n) is 9.43. The zero-order valence-corrected chi connectivity index (χ0v) is 16.0. The van der Waals surface area contributed by atoms with Gasteiger partial charge in [0.25, 0.3) is 5.91 Å². The lowest BCUT2D eigenvalue weighted by atomic mass is 9.80. The van der Waals surface area contributed by atoms with E-state index in [1.807, 2.05) is 0 Å². The Bertz CT molecular complexity index is 1090. The van der Waals surface area contributed by atoms with Gasteiger partial charge in [0.2, 0.25) is 0 Å². The smallest absolute Gasteiger partial charge is 0.433 e. The molecule has 2 N–H and O–H groups in total. The molecule has 7 nitrogen and oxygen atoms in total. The number of hydrogen-bond donors (Lipinski definition) is 2. The number of imidazole rings is 1. The van der Waals surface area contributed by atoms with Crippen molar-refractivity contribution in [3.8, 4) is 5.75 Å². The maximum Gasteiger partial charge on any atom is 0.433 e. The summed E-state index contributed by atoms with van der Waals surface area (Å²) in [5, 5.41) is 12.1. The van der Waals surface area contributed by atoms with Gasteiger partial charge in [0.05, 0.1) is 18.4 Å². The highest BCUT2D eigenvalue weighted by atomic mass is 19.4. The minimum absolute atomic E-state index is 0.169. The second kappa shape index (κ2) is 7.60. The zero-order valence-electron chi connectivity index (χ0n) is 16.0. The molecule has 1 aliphatic rings. The number of aliphatic hydroxyl groups is 1. The van der Waals surface area contributed by atoms with Crippen LogP contribution >= 0.6 is 0 Å². The van der Waals surface area contributed by atoms with Crippen molar-refractivity contribution >= 4 is 17.2 Å². The zero-order chi connectivity index (χ0) is 21.5. The monoisotopic (exact) mass is 420 g/mol. The molecule has 0 radical (unpaired) electrons. The van der Waals surface area contributed by atoms with Gasteiger partial charge in [-0.2, -0.15) is 13.2 Å². The Kier molecular flexibility index (Phi) is 5.10. The van der Waals surface area contributed by atoms with Gasteiger partial charge in [-0.05, 0) is 31.9 Å². The van der Waals surface area contributed by atoms with Gasteiger partial charge in [0, 0.05) is 24.4 Å². The number of nitrogens with zero attached hydrogens (tertiary/aromatic N) is 3. The Labute approximate surface area is 169 Å². The maximum absolute atomic E-state index is 12.9. The molecule has 4 rings (SSSR count). The van der Waals surface area contributed by atoms with Crippen LogP contribution in [0.25, 0.3) is 5.65 Å². The first-order chi connectivity index (χ1) is 14.2. The number of pyridine rings is 2. The topological polar surface area (TPSA) is 88.8 Å². The van der Waals surface area contributed by atoms with Gasteiger partial charge in [0.15, 0.2) is 0 Å². The molecule has 0 aliphatic heterocycles. The molecule has 1 fully saturated rings. The standard InChI is InChI=1S/C20H19F3N4O3/c1-2-30-16-8-18-25-14(11-6-12(28)7-11)9-27(18)10-15(16)26-19(29)13-4-3-5-17(24-13)20(21,22)23/h3-5,8-12,28H,2,6-7H2,1H3,(H,26,29)/t11-,12+. The highest BCUT2D eigenvalue weighted by molar-refractivity contribution is 6.03. The van der Waals surface area contributed by atoms with Gasteiger partial charge in [-0.1, -0.05) is 6.07 Å². The molecule has 3 aromatic rings. The van der Waals surface area contributed by atoms with Crippen molar-refractivity contribution in [2.45, 2.75) is 38.0 Å². The van der Waals surface area contributed by atoms with Gasteiger partial charge in [-0.3, -0.25) is 4.79 Å². The van der Waals surface area contributed by atoms with E-state index in [2.05, 4.69) is 15.3 Å². The molecule has 3 heterocycles. The number of carbonyl (C=O) groups is 1. The van der Waals surface area contributed by atoms with Crippen LogP contribution in [0.4, 0.5) is 18.9 Å². The third-order valence-corrected chi connectivity index (χ3v) is 4.93. The van der Waals surface area contributed by atoms with E-state index in [-0.39, 0.29) is 23.4 Å². The summed E-state index contributed by atoms with van der Waals surface area (Å²) >= 11 is 0. The van der Waals surface area contributed by atoms with Crippen LogP contribution in [-0.4, -0.2) is 38.1 Å². The largest absolute Gasteiger partial charge is 0.491 e. The van der Waals surface area contributed by atoms with Crippen LogP contribution in [0.1, 0.15) is 47.6 Å². The summed E-state index contributed by atoms with van der Waals surface area (Å²) in [6.45, 7) is 2.10. The number of aromatic nitrogens is 3. The van der Waals surface area contributed by atoms with E-state index >= 15 is 0 Å². The van der Waals surface area contributed by atoms with Crippen molar-refractivity contribution in [2.75, 3.05) is 11.9 Å². The quantitative estimate of drug-likeness (QED) is 0.658. The number of rotatable bonds is 5. The molecule has 1 aliphatic carbocycles. The van der Waals surface area contributed by atoms with Crippen molar-refractivity contribution in [2.24, 2.45) is 0 Å². The minimum atomic E-state index is -4.64. The predicted molar refractivity (Wildman–Crippen MR) is 102 cm³/mol. The first-order valence-corrected chi connectivity index (χ1v) is 9.43. The summed E-state index contributed by atoms with van der Waals surface area (Å²) in [7, 11) is 0. The summed E-state index contributed by atoms with van der Waals surface area (Å²) in [5.74, 6) is -0.275. The minimum Gasteiger partial charge on any atom is -0.491 e. The second-order valence-corrected chi connectivity index (χ2v) is 7.10. The van der Waals surface area contributed by atoms with Crippen molar-refractivity contribution in [1.29, 1.82) is 0 Å². The number of carbonyl (C=O) groups excluding carboxylic acids is 1. The number of ether oxygens (including phenoxy) is 1. The Balaban J connectivity index is 1.63. The fraction of sp³-hybridized carbons (Fsp3) is 0.350. The lowest BCUT2D eigenvalue weighted by Gasteiger charge is -2.29. The van der Waals surface area contributed by atoms with Crippen LogP contribution in [0.3, 0.4) is 0 Å².